The van der Waals surface area contributed by atoms with Gasteiger partial charge in [0, 0.05) is 24.0 Å². The third-order valence-electron chi connectivity index (χ3n) is 5.12. The average Bonchev–Trinajstić information content (AvgIpc) is 2.64. The molecule has 9 nitrogen and oxygen atoms in total. The summed E-state index contributed by atoms with van der Waals surface area (Å²) in [5.41, 5.74) is 5.62. The number of benzene rings is 1. The molecular formula is C20H21N3O6. The van der Waals surface area contributed by atoms with Gasteiger partial charge in [0.1, 0.15) is 17.4 Å². The van der Waals surface area contributed by atoms with Crippen molar-refractivity contribution < 1.29 is 23.9 Å². The molecule has 0 fully saturated rings. The summed E-state index contributed by atoms with van der Waals surface area (Å²) in [6.45, 7) is 3.84. The molecule has 0 radical (unpaired) electrons. The Morgan fingerprint density at radius 2 is 1.90 bits per heavy atom. The lowest BCUT2D eigenvalue weighted by molar-refractivity contribution is -0.385. The molecule has 1 aromatic rings. The van der Waals surface area contributed by atoms with Gasteiger partial charge in [-0.2, -0.15) is 5.26 Å². The van der Waals surface area contributed by atoms with Crippen LogP contribution in [0.1, 0.15) is 38.2 Å². The van der Waals surface area contributed by atoms with E-state index in [0.717, 1.165) is 0 Å². The van der Waals surface area contributed by atoms with Crippen molar-refractivity contribution in [1.29, 1.82) is 5.26 Å². The van der Waals surface area contributed by atoms with Gasteiger partial charge >= 0.3 is 0 Å². The van der Waals surface area contributed by atoms with Crippen LogP contribution in [0.5, 0.6) is 11.5 Å². The van der Waals surface area contributed by atoms with E-state index in [1.165, 1.54) is 26.4 Å². The summed E-state index contributed by atoms with van der Waals surface area (Å²) >= 11 is 0. The number of methoxy groups -OCH3 is 2. The van der Waals surface area contributed by atoms with Crippen LogP contribution in [0.25, 0.3) is 0 Å². The zero-order valence-electron chi connectivity index (χ0n) is 16.6. The Kier molecular flexibility index (Phi) is 4.96. The molecular weight excluding hydrogens is 378 g/mol. The number of rotatable bonds is 4. The molecule has 1 aromatic carbocycles. The number of nitro benzene ring substituents is 1. The number of nitrogens with two attached hydrogens (primary N) is 1. The molecule has 0 aromatic heterocycles. The third-order valence-corrected chi connectivity index (χ3v) is 5.12. The van der Waals surface area contributed by atoms with Crippen molar-refractivity contribution >= 4 is 11.5 Å². The maximum atomic E-state index is 13.0. The fourth-order valence-corrected chi connectivity index (χ4v) is 3.87. The summed E-state index contributed by atoms with van der Waals surface area (Å²) in [7, 11) is 2.76. The number of hydrogen-bond acceptors (Lipinski definition) is 8. The van der Waals surface area contributed by atoms with Crippen molar-refractivity contribution in [2.75, 3.05) is 14.2 Å². The Labute approximate surface area is 167 Å². The number of Topliss-reactive ketones (excluding diaryl/α,β-unsaturated/α-hetero) is 1. The van der Waals surface area contributed by atoms with Gasteiger partial charge in [0.25, 0.3) is 5.69 Å². The molecule has 152 valence electrons. The van der Waals surface area contributed by atoms with Gasteiger partial charge in [0.05, 0.1) is 31.1 Å². The number of ether oxygens (including phenoxy) is 3. The van der Waals surface area contributed by atoms with Crippen LogP contribution in [0.15, 0.2) is 34.9 Å². The van der Waals surface area contributed by atoms with E-state index in [-0.39, 0.29) is 57.4 Å². The summed E-state index contributed by atoms with van der Waals surface area (Å²) in [6.07, 6.45) is 0.649. The maximum Gasteiger partial charge on any atom is 0.277 e. The minimum absolute atomic E-state index is 0.0490. The van der Waals surface area contributed by atoms with Gasteiger partial charge in [-0.3, -0.25) is 14.9 Å². The molecule has 1 aliphatic carbocycles. The molecule has 0 saturated heterocycles. The van der Waals surface area contributed by atoms with Gasteiger partial charge in [-0.05, 0) is 11.5 Å². The summed E-state index contributed by atoms with van der Waals surface area (Å²) in [5.74, 6) is -0.669. The van der Waals surface area contributed by atoms with E-state index in [4.69, 9.17) is 19.9 Å². The lowest BCUT2D eigenvalue weighted by atomic mass is 9.70. The highest BCUT2D eigenvalue weighted by Crippen LogP contribution is 2.50. The monoisotopic (exact) mass is 399 g/mol. The van der Waals surface area contributed by atoms with Crippen LogP contribution in [0.4, 0.5) is 5.69 Å². The molecule has 1 aliphatic heterocycles. The Bertz CT molecular complexity index is 1020. The first-order chi connectivity index (χ1) is 13.6. The zero-order valence-corrected chi connectivity index (χ0v) is 16.6. The van der Waals surface area contributed by atoms with E-state index >= 15 is 0 Å². The second-order valence-electron chi connectivity index (χ2n) is 7.73. The Morgan fingerprint density at radius 1 is 1.28 bits per heavy atom. The van der Waals surface area contributed by atoms with E-state index in [1.54, 1.807) is 0 Å². The fourth-order valence-electron chi connectivity index (χ4n) is 3.87. The fraction of sp³-hybridized carbons (Fsp3) is 0.400. The van der Waals surface area contributed by atoms with Crippen molar-refractivity contribution in [2.45, 2.75) is 32.6 Å². The third kappa shape index (κ3) is 3.38. The molecule has 2 N–H and O–H groups in total. The number of nitro groups is 1. The first-order valence-electron chi connectivity index (χ1n) is 8.87. The number of allylic oxidation sites excluding steroid dienone is 3. The van der Waals surface area contributed by atoms with E-state index in [2.05, 4.69) is 0 Å². The standard InChI is InChI=1S/C20H21N3O6/c1-20(2)7-13(24)18-16(8-20)29-19(22)11(9-21)17(18)10-5-14(27-3)15(28-4)6-12(10)23(25)26/h5-6,17H,7-8,22H2,1-4H3/t17-/m0/s1. The van der Waals surface area contributed by atoms with Crippen LogP contribution in [0.2, 0.25) is 0 Å². The van der Waals surface area contributed by atoms with Gasteiger partial charge in [0.2, 0.25) is 5.88 Å². The predicted octanol–water partition coefficient (Wildman–Crippen LogP) is 3.06. The summed E-state index contributed by atoms with van der Waals surface area (Å²) in [4.78, 5) is 24.2. The predicted molar refractivity (Wildman–Crippen MR) is 102 cm³/mol. The van der Waals surface area contributed by atoms with E-state index in [9.17, 15) is 20.2 Å². The molecule has 9 heteroatoms. The molecule has 29 heavy (non-hydrogen) atoms. The number of nitrogens with zero attached hydrogens (tertiary/aromatic N) is 2. The number of carbonyl (C=O) groups is 1. The Hall–Kier alpha value is -3.54. The van der Waals surface area contributed by atoms with Crippen molar-refractivity contribution in [1.82, 2.24) is 0 Å². The second-order valence-corrected chi connectivity index (χ2v) is 7.73. The van der Waals surface area contributed by atoms with E-state index in [1.807, 2.05) is 19.9 Å². The molecule has 2 aliphatic rings. The summed E-state index contributed by atoms with van der Waals surface area (Å²) in [6, 6.07) is 4.58. The molecule has 0 amide bonds. The molecule has 0 bridgehead atoms. The van der Waals surface area contributed by atoms with Crippen LogP contribution >= 0.6 is 0 Å². The number of hydrogen-bond donors (Lipinski definition) is 1. The van der Waals surface area contributed by atoms with Crippen molar-refractivity contribution in [2.24, 2.45) is 11.1 Å². The average molecular weight is 399 g/mol. The molecule has 0 saturated carbocycles. The second kappa shape index (κ2) is 7.13. The molecule has 3 rings (SSSR count). The van der Waals surface area contributed by atoms with Gasteiger partial charge in [-0.25, -0.2) is 0 Å². The normalized spacial score (nSPS) is 20.5. The van der Waals surface area contributed by atoms with Crippen molar-refractivity contribution in [3.8, 4) is 17.6 Å². The maximum absolute atomic E-state index is 13.0. The highest BCUT2D eigenvalue weighted by Gasteiger charge is 2.45. The highest BCUT2D eigenvalue weighted by molar-refractivity contribution is 6.00. The molecule has 1 atom stereocenters. The van der Waals surface area contributed by atoms with Gasteiger partial charge < -0.3 is 19.9 Å². The number of nitriles is 1. The highest BCUT2D eigenvalue weighted by atomic mass is 16.6. The van der Waals surface area contributed by atoms with E-state index < -0.39 is 10.8 Å². The quantitative estimate of drug-likeness (QED) is 0.602. The minimum Gasteiger partial charge on any atom is -0.493 e. The Morgan fingerprint density at radius 3 is 2.45 bits per heavy atom. The van der Waals surface area contributed by atoms with Crippen LogP contribution < -0.4 is 15.2 Å². The van der Waals surface area contributed by atoms with Gasteiger partial charge in [-0.15, -0.1) is 0 Å². The SMILES string of the molecule is COc1cc([C@H]2C(C#N)=C(N)OC3=C2C(=O)CC(C)(C)C3)c([N+](=O)[O-])cc1OC. The van der Waals surface area contributed by atoms with Crippen LogP contribution in [-0.4, -0.2) is 24.9 Å². The number of carbonyl (C=O) groups excluding carboxylic acids is 1. The van der Waals surface area contributed by atoms with Crippen molar-refractivity contribution in [3.63, 3.8) is 0 Å². The first kappa shape index (κ1) is 20.2. The van der Waals surface area contributed by atoms with Crippen molar-refractivity contribution in [3.05, 3.63) is 50.6 Å². The molecule has 1 heterocycles. The van der Waals surface area contributed by atoms with Crippen LogP contribution in [-0.2, 0) is 9.53 Å². The Balaban J connectivity index is 2.33. The van der Waals surface area contributed by atoms with Crippen LogP contribution in [0.3, 0.4) is 0 Å². The zero-order chi connectivity index (χ0) is 21.5. The minimum atomic E-state index is -1.02. The van der Waals surface area contributed by atoms with Gasteiger partial charge in [0.15, 0.2) is 17.3 Å². The van der Waals surface area contributed by atoms with Gasteiger partial charge in [-0.1, -0.05) is 13.8 Å². The molecule has 0 spiro atoms. The molecule has 0 unspecified atom stereocenters. The summed E-state index contributed by atoms with van der Waals surface area (Å²) < 4.78 is 16.1. The van der Waals surface area contributed by atoms with Crippen LogP contribution in [0, 0.1) is 26.9 Å². The smallest absolute Gasteiger partial charge is 0.277 e. The largest absolute Gasteiger partial charge is 0.493 e. The first-order valence-corrected chi connectivity index (χ1v) is 8.87. The lowest BCUT2D eigenvalue weighted by Crippen LogP contribution is -2.33. The lowest BCUT2D eigenvalue weighted by Gasteiger charge is -2.37. The topological polar surface area (TPSA) is 138 Å². The summed E-state index contributed by atoms with van der Waals surface area (Å²) in [5, 5.41) is 21.5. The van der Waals surface area contributed by atoms with E-state index in [0.29, 0.717) is 12.2 Å². The number of ketones is 1.